The molecule has 0 aromatic carbocycles. The standard InChI is InChI=1S/C29H40N8O6/c1-17-13-19-7-5-11-36(15-19)25(17)34-23(39)16-37-12-6-8-21(29(37)43)33-26(40)20(9-10-22(38)27(41)30-3)32-28(42)24-18(2)14-31-35(24)4/h6,8,12,14,17,19-20,25H,5,7,9-11,13,15-16H2,1-4H3,(H,30,41)(H,32,42)(H,33,40)(H,34,39)/t17?,19?,20-,25?/m0/s1. The molecule has 14 heteroatoms. The van der Waals surface area contributed by atoms with Gasteiger partial charge in [-0.25, -0.2) is 0 Å². The first-order valence-corrected chi connectivity index (χ1v) is 14.6. The number of hydrogen-bond acceptors (Lipinski definition) is 8. The molecule has 4 amide bonds. The predicted octanol–water partition coefficient (Wildman–Crippen LogP) is -0.0833. The number of nitrogens with one attached hydrogen (secondary N) is 4. The van der Waals surface area contributed by atoms with Gasteiger partial charge in [-0.15, -0.1) is 0 Å². The van der Waals surface area contributed by atoms with E-state index in [9.17, 15) is 28.8 Å². The van der Waals surface area contributed by atoms with E-state index in [-0.39, 0.29) is 42.8 Å². The second kappa shape index (κ2) is 13.8. The second-order valence-electron chi connectivity index (χ2n) is 11.4. The fourth-order valence-electron chi connectivity index (χ4n) is 6.03. The van der Waals surface area contributed by atoms with E-state index in [4.69, 9.17) is 0 Å². The molecule has 4 rings (SSSR count). The Kier molecular flexibility index (Phi) is 10.1. The number of amides is 4. The molecule has 4 heterocycles. The molecule has 14 nitrogen and oxygen atoms in total. The maximum absolute atomic E-state index is 13.3. The Morgan fingerprint density at radius 3 is 2.65 bits per heavy atom. The van der Waals surface area contributed by atoms with Gasteiger partial charge in [0.25, 0.3) is 17.4 Å². The van der Waals surface area contributed by atoms with Crippen molar-refractivity contribution in [3.63, 3.8) is 0 Å². The molecule has 2 aromatic heterocycles. The van der Waals surface area contributed by atoms with E-state index in [0.29, 0.717) is 17.4 Å². The number of ketones is 1. The normalized spacial score (nSPS) is 21.8. The highest BCUT2D eigenvalue weighted by atomic mass is 16.2. The maximum Gasteiger partial charge on any atom is 0.287 e. The summed E-state index contributed by atoms with van der Waals surface area (Å²) in [4.78, 5) is 78.7. The summed E-state index contributed by atoms with van der Waals surface area (Å²) in [7, 11) is 2.89. The minimum atomic E-state index is -1.26. The van der Waals surface area contributed by atoms with E-state index in [1.54, 1.807) is 14.0 Å². The summed E-state index contributed by atoms with van der Waals surface area (Å²) in [6.07, 6.45) is 5.73. The zero-order valence-electron chi connectivity index (χ0n) is 25.0. The quantitative estimate of drug-likeness (QED) is 0.260. The molecule has 5 atom stereocenters. The predicted molar refractivity (Wildman–Crippen MR) is 157 cm³/mol. The number of carbonyl (C=O) groups is 5. The molecule has 4 N–H and O–H groups in total. The largest absolute Gasteiger partial charge is 0.353 e. The number of Topliss-reactive ketones (excluding diaryl/α,β-unsaturated/α-hetero) is 1. The van der Waals surface area contributed by atoms with Crippen molar-refractivity contribution in [2.45, 2.75) is 64.7 Å². The zero-order chi connectivity index (χ0) is 31.3. The van der Waals surface area contributed by atoms with E-state index >= 15 is 0 Å². The first kappa shape index (κ1) is 31.6. The van der Waals surface area contributed by atoms with Gasteiger partial charge in [0.15, 0.2) is 0 Å². The maximum atomic E-state index is 13.3. The van der Waals surface area contributed by atoms with Gasteiger partial charge in [-0.3, -0.25) is 38.3 Å². The number of aromatic nitrogens is 3. The van der Waals surface area contributed by atoms with Crippen molar-refractivity contribution in [3.8, 4) is 0 Å². The lowest BCUT2D eigenvalue weighted by Crippen LogP contribution is -2.59. The molecule has 0 radical (unpaired) electrons. The molecule has 4 unspecified atom stereocenters. The monoisotopic (exact) mass is 596 g/mol. The highest BCUT2D eigenvalue weighted by molar-refractivity contribution is 6.36. The van der Waals surface area contributed by atoms with Gasteiger partial charge in [-0.1, -0.05) is 6.92 Å². The molecule has 2 aliphatic rings. The van der Waals surface area contributed by atoms with E-state index in [0.717, 1.165) is 25.9 Å². The van der Waals surface area contributed by atoms with Gasteiger partial charge in [0, 0.05) is 39.8 Å². The molecular weight excluding hydrogens is 556 g/mol. The Hall–Kier alpha value is -4.33. The van der Waals surface area contributed by atoms with Crippen LogP contribution in [0.15, 0.2) is 29.3 Å². The summed E-state index contributed by atoms with van der Waals surface area (Å²) in [5.41, 5.74) is 0.0944. The molecule has 2 fully saturated rings. The number of hydrogen-bond donors (Lipinski definition) is 4. The van der Waals surface area contributed by atoms with E-state index in [1.807, 2.05) is 0 Å². The van der Waals surface area contributed by atoms with Crippen LogP contribution in [-0.2, 0) is 32.8 Å². The third-order valence-corrected chi connectivity index (χ3v) is 8.19. The molecule has 232 valence electrons. The summed E-state index contributed by atoms with van der Waals surface area (Å²) < 4.78 is 2.56. The first-order valence-electron chi connectivity index (χ1n) is 14.6. The number of piperidine rings is 2. The van der Waals surface area contributed by atoms with Gasteiger partial charge in [0.2, 0.25) is 17.6 Å². The van der Waals surface area contributed by atoms with Crippen molar-refractivity contribution in [1.82, 2.24) is 35.2 Å². The van der Waals surface area contributed by atoms with Gasteiger partial charge in [0.05, 0.1) is 12.4 Å². The van der Waals surface area contributed by atoms with Crippen LogP contribution in [0.4, 0.5) is 5.69 Å². The number of fused-ring (bicyclic) bond motifs is 2. The molecule has 43 heavy (non-hydrogen) atoms. The average molecular weight is 597 g/mol. The van der Waals surface area contributed by atoms with Gasteiger partial charge in [-0.2, -0.15) is 5.10 Å². The van der Waals surface area contributed by atoms with Crippen molar-refractivity contribution in [3.05, 3.63) is 46.1 Å². The first-order chi connectivity index (χ1) is 20.5. The molecule has 2 aromatic rings. The lowest BCUT2D eigenvalue weighted by Gasteiger charge is -2.47. The zero-order valence-corrected chi connectivity index (χ0v) is 25.0. The Bertz CT molecular complexity index is 1430. The molecule has 0 aliphatic carbocycles. The van der Waals surface area contributed by atoms with Crippen LogP contribution < -0.4 is 26.8 Å². The van der Waals surface area contributed by atoms with Crippen molar-refractivity contribution in [2.75, 3.05) is 25.5 Å². The fourth-order valence-corrected chi connectivity index (χ4v) is 6.03. The Balaban J connectivity index is 1.45. The number of likely N-dealkylation sites (N-methyl/N-ethyl adjacent to an activating group) is 1. The molecule has 0 saturated carbocycles. The molecule has 2 aliphatic heterocycles. The third-order valence-electron chi connectivity index (χ3n) is 8.19. The van der Waals surface area contributed by atoms with Crippen LogP contribution in [0.5, 0.6) is 0 Å². The number of carbonyl (C=O) groups excluding carboxylic acids is 5. The van der Waals surface area contributed by atoms with Crippen LogP contribution in [-0.4, -0.2) is 81.0 Å². The summed E-state index contributed by atoms with van der Waals surface area (Å²) in [5.74, 6) is -2.30. The SMILES string of the molecule is CNC(=O)C(=O)CC[C@H](NC(=O)c1c(C)cnn1C)C(=O)Nc1cccn(CC(=O)NC2C(C)CC3CCCN2C3)c1=O. The van der Waals surface area contributed by atoms with Gasteiger partial charge in [-0.05, 0) is 62.1 Å². The number of aryl methyl sites for hydroxylation is 2. The molecule has 0 spiro atoms. The molecule has 2 bridgehead atoms. The third kappa shape index (κ3) is 7.55. The van der Waals surface area contributed by atoms with E-state index < -0.39 is 35.1 Å². The highest BCUT2D eigenvalue weighted by Gasteiger charge is 2.36. The van der Waals surface area contributed by atoms with Crippen LogP contribution in [0.25, 0.3) is 0 Å². The Morgan fingerprint density at radius 1 is 1.19 bits per heavy atom. The Morgan fingerprint density at radius 2 is 1.95 bits per heavy atom. The van der Waals surface area contributed by atoms with Crippen molar-refractivity contribution in [1.29, 1.82) is 0 Å². The Labute approximate surface area is 249 Å². The number of rotatable bonds is 11. The van der Waals surface area contributed by atoms with Crippen LogP contribution in [0, 0.1) is 18.8 Å². The number of pyridine rings is 1. The number of nitrogens with zero attached hydrogens (tertiary/aromatic N) is 4. The fraction of sp³-hybridized carbons (Fsp3) is 0.552. The second-order valence-corrected chi connectivity index (χ2v) is 11.4. The summed E-state index contributed by atoms with van der Waals surface area (Å²) >= 11 is 0. The van der Waals surface area contributed by atoms with Crippen LogP contribution in [0.2, 0.25) is 0 Å². The van der Waals surface area contributed by atoms with Crippen LogP contribution in [0.1, 0.15) is 55.1 Å². The summed E-state index contributed by atoms with van der Waals surface area (Å²) in [5, 5.41) is 14.5. The number of anilines is 1. The smallest absolute Gasteiger partial charge is 0.287 e. The van der Waals surface area contributed by atoms with E-state index in [1.165, 1.54) is 47.2 Å². The summed E-state index contributed by atoms with van der Waals surface area (Å²) in [6, 6.07) is 1.67. The average Bonchev–Trinajstić information content (AvgIpc) is 3.32. The highest BCUT2D eigenvalue weighted by Crippen LogP contribution is 2.32. The van der Waals surface area contributed by atoms with Crippen molar-refractivity contribution < 1.29 is 24.0 Å². The minimum Gasteiger partial charge on any atom is -0.353 e. The van der Waals surface area contributed by atoms with Crippen molar-refractivity contribution in [2.24, 2.45) is 18.9 Å². The minimum absolute atomic E-state index is 0.0902. The molecular formula is C29H40N8O6. The van der Waals surface area contributed by atoms with Crippen LogP contribution >= 0.6 is 0 Å². The lowest BCUT2D eigenvalue weighted by molar-refractivity contribution is -0.137. The summed E-state index contributed by atoms with van der Waals surface area (Å²) in [6.45, 7) is 5.48. The lowest BCUT2D eigenvalue weighted by atomic mass is 9.82. The van der Waals surface area contributed by atoms with Crippen LogP contribution in [0.3, 0.4) is 0 Å². The van der Waals surface area contributed by atoms with Crippen molar-refractivity contribution >= 4 is 35.1 Å². The van der Waals surface area contributed by atoms with Gasteiger partial charge < -0.3 is 25.8 Å². The molecule has 2 saturated heterocycles. The van der Waals surface area contributed by atoms with Gasteiger partial charge in [0.1, 0.15) is 24.0 Å². The van der Waals surface area contributed by atoms with Gasteiger partial charge >= 0.3 is 0 Å². The topological polar surface area (TPSA) is 177 Å². The van der Waals surface area contributed by atoms with E-state index in [2.05, 4.69) is 38.2 Å².